The third-order valence-corrected chi connectivity index (χ3v) is 3.34. The molecule has 1 aliphatic heterocycles. The van der Waals surface area contributed by atoms with E-state index in [0.29, 0.717) is 13.1 Å². The van der Waals surface area contributed by atoms with Crippen molar-refractivity contribution in [2.24, 2.45) is 5.92 Å². The quantitative estimate of drug-likeness (QED) is 0.575. The van der Waals surface area contributed by atoms with E-state index in [1.165, 1.54) is 7.11 Å². The fraction of sp³-hybridized carbons (Fsp3) is 0.692. The Morgan fingerprint density at radius 2 is 2.33 bits per heavy atom. The molecule has 1 heterocycles. The van der Waals surface area contributed by atoms with Crippen molar-refractivity contribution in [3.63, 3.8) is 0 Å². The highest BCUT2D eigenvalue weighted by Crippen LogP contribution is 2.19. The summed E-state index contributed by atoms with van der Waals surface area (Å²) in [4.78, 5) is 25.4. The van der Waals surface area contributed by atoms with Crippen molar-refractivity contribution in [1.82, 2.24) is 10.2 Å². The first kappa shape index (κ1) is 14.7. The molecular weight excluding hydrogens is 232 g/mol. The summed E-state index contributed by atoms with van der Waals surface area (Å²) in [6.07, 6.45) is 3.40. The van der Waals surface area contributed by atoms with Crippen LogP contribution in [0.15, 0.2) is 12.7 Å². The van der Waals surface area contributed by atoms with E-state index in [1.807, 2.05) is 11.8 Å². The standard InChI is InChI=1S/C13H22N2O3/c1-4-7-14-12(16)10(2)15-8-5-6-11(9-15)13(17)18-3/h4,10-11H,1,5-9H2,2-3H3,(H,14,16)/t10?,11-/m0/s1. The summed E-state index contributed by atoms with van der Waals surface area (Å²) in [6, 6.07) is -0.225. The molecule has 0 aromatic rings. The normalized spacial score (nSPS) is 22.0. The van der Waals surface area contributed by atoms with E-state index in [2.05, 4.69) is 11.9 Å². The number of nitrogens with one attached hydrogen (secondary N) is 1. The van der Waals surface area contributed by atoms with Crippen LogP contribution in [0.25, 0.3) is 0 Å². The monoisotopic (exact) mass is 254 g/mol. The van der Waals surface area contributed by atoms with E-state index in [4.69, 9.17) is 4.74 Å². The molecule has 0 aromatic carbocycles. The van der Waals surface area contributed by atoms with Gasteiger partial charge < -0.3 is 10.1 Å². The lowest BCUT2D eigenvalue weighted by molar-refractivity contribution is -0.148. The summed E-state index contributed by atoms with van der Waals surface area (Å²) >= 11 is 0. The van der Waals surface area contributed by atoms with Crippen molar-refractivity contribution in [3.8, 4) is 0 Å². The molecule has 2 atom stereocenters. The molecule has 5 nitrogen and oxygen atoms in total. The van der Waals surface area contributed by atoms with Gasteiger partial charge in [-0.05, 0) is 26.3 Å². The molecule has 5 heteroatoms. The lowest BCUT2D eigenvalue weighted by Gasteiger charge is -2.34. The van der Waals surface area contributed by atoms with Gasteiger partial charge in [0.1, 0.15) is 0 Å². The Hall–Kier alpha value is -1.36. The molecule has 0 radical (unpaired) electrons. The van der Waals surface area contributed by atoms with Crippen molar-refractivity contribution in [1.29, 1.82) is 0 Å². The molecule has 0 aromatic heterocycles. The minimum absolute atomic E-state index is 0.0274. The second kappa shape index (κ2) is 7.16. The minimum atomic E-state index is -0.225. The smallest absolute Gasteiger partial charge is 0.309 e. The Kier molecular flexibility index (Phi) is 5.85. The number of nitrogens with zero attached hydrogens (tertiary/aromatic N) is 1. The molecule has 0 aliphatic carbocycles. The average Bonchev–Trinajstić information content (AvgIpc) is 2.43. The Morgan fingerprint density at radius 3 is 2.94 bits per heavy atom. The third kappa shape index (κ3) is 3.84. The van der Waals surface area contributed by atoms with Gasteiger partial charge in [0.05, 0.1) is 19.1 Å². The second-order valence-electron chi connectivity index (χ2n) is 4.57. The fourth-order valence-electron chi connectivity index (χ4n) is 2.20. The predicted molar refractivity (Wildman–Crippen MR) is 69.0 cm³/mol. The molecule has 0 spiro atoms. The largest absolute Gasteiger partial charge is 0.469 e. The maximum absolute atomic E-state index is 11.8. The van der Waals surface area contributed by atoms with Crippen LogP contribution in [0.5, 0.6) is 0 Å². The van der Waals surface area contributed by atoms with Gasteiger partial charge in [-0.3, -0.25) is 14.5 Å². The highest BCUT2D eigenvalue weighted by Gasteiger charge is 2.31. The molecule has 1 N–H and O–H groups in total. The van der Waals surface area contributed by atoms with Gasteiger partial charge in [-0.1, -0.05) is 6.08 Å². The van der Waals surface area contributed by atoms with Crippen LogP contribution >= 0.6 is 0 Å². The topological polar surface area (TPSA) is 58.6 Å². The molecule has 1 unspecified atom stereocenters. The second-order valence-corrected chi connectivity index (χ2v) is 4.57. The van der Waals surface area contributed by atoms with E-state index in [1.54, 1.807) is 6.08 Å². The van der Waals surface area contributed by atoms with Crippen molar-refractivity contribution < 1.29 is 14.3 Å². The van der Waals surface area contributed by atoms with E-state index in [-0.39, 0.29) is 23.8 Å². The van der Waals surface area contributed by atoms with Crippen LogP contribution in [-0.2, 0) is 14.3 Å². The van der Waals surface area contributed by atoms with Crippen LogP contribution in [0.1, 0.15) is 19.8 Å². The molecule has 0 bridgehead atoms. The zero-order chi connectivity index (χ0) is 13.5. The number of esters is 1. The molecule has 1 saturated heterocycles. The van der Waals surface area contributed by atoms with E-state index < -0.39 is 0 Å². The summed E-state index contributed by atoms with van der Waals surface area (Å²) in [7, 11) is 1.40. The molecule has 1 rings (SSSR count). The fourth-order valence-corrected chi connectivity index (χ4v) is 2.20. The Morgan fingerprint density at radius 1 is 1.61 bits per heavy atom. The van der Waals surface area contributed by atoms with Gasteiger partial charge in [0, 0.05) is 13.1 Å². The first-order chi connectivity index (χ1) is 8.60. The van der Waals surface area contributed by atoms with Crippen LogP contribution in [0.2, 0.25) is 0 Å². The number of piperidine rings is 1. The summed E-state index contributed by atoms with van der Waals surface area (Å²) in [5.74, 6) is -0.322. The van der Waals surface area contributed by atoms with Crippen LogP contribution in [0.4, 0.5) is 0 Å². The Bertz CT molecular complexity index is 317. The van der Waals surface area contributed by atoms with E-state index in [9.17, 15) is 9.59 Å². The zero-order valence-corrected chi connectivity index (χ0v) is 11.1. The minimum Gasteiger partial charge on any atom is -0.469 e. The lowest BCUT2D eigenvalue weighted by Crippen LogP contribution is -2.50. The van der Waals surface area contributed by atoms with Crippen molar-refractivity contribution in [2.75, 3.05) is 26.7 Å². The molecule has 18 heavy (non-hydrogen) atoms. The Balaban J connectivity index is 2.52. The SMILES string of the molecule is C=CCNC(=O)C(C)N1CCC[C@H](C(=O)OC)C1. The summed E-state index contributed by atoms with van der Waals surface area (Å²) in [5, 5.41) is 2.77. The molecule has 0 saturated carbocycles. The third-order valence-electron chi connectivity index (χ3n) is 3.34. The number of ether oxygens (including phenoxy) is 1. The molecular formula is C13H22N2O3. The first-order valence-electron chi connectivity index (χ1n) is 6.30. The molecule has 1 fully saturated rings. The van der Waals surface area contributed by atoms with Crippen molar-refractivity contribution in [3.05, 3.63) is 12.7 Å². The van der Waals surface area contributed by atoms with Crippen molar-refractivity contribution in [2.45, 2.75) is 25.8 Å². The average molecular weight is 254 g/mol. The number of carbonyl (C=O) groups is 2. The molecule has 102 valence electrons. The highest BCUT2D eigenvalue weighted by atomic mass is 16.5. The van der Waals surface area contributed by atoms with Crippen LogP contribution < -0.4 is 5.32 Å². The maximum atomic E-state index is 11.8. The summed E-state index contributed by atoms with van der Waals surface area (Å²) in [5.41, 5.74) is 0. The lowest BCUT2D eigenvalue weighted by atomic mass is 9.97. The number of likely N-dealkylation sites (tertiary alicyclic amines) is 1. The number of carbonyl (C=O) groups excluding carboxylic acids is 2. The number of methoxy groups -OCH3 is 1. The number of amides is 1. The van der Waals surface area contributed by atoms with Gasteiger partial charge in [0.15, 0.2) is 0 Å². The number of hydrogen-bond donors (Lipinski definition) is 1. The predicted octanol–water partition coefficient (Wildman–Crippen LogP) is 0.562. The van der Waals surface area contributed by atoms with Crippen molar-refractivity contribution >= 4 is 11.9 Å². The summed E-state index contributed by atoms with van der Waals surface area (Å²) < 4.78 is 4.76. The number of rotatable bonds is 5. The summed E-state index contributed by atoms with van der Waals surface area (Å²) in [6.45, 7) is 7.33. The van der Waals surface area contributed by atoms with Gasteiger partial charge in [-0.15, -0.1) is 6.58 Å². The number of hydrogen-bond acceptors (Lipinski definition) is 4. The van der Waals surface area contributed by atoms with Gasteiger partial charge in [0.2, 0.25) is 5.91 Å². The highest BCUT2D eigenvalue weighted by molar-refractivity contribution is 5.81. The van der Waals surface area contributed by atoms with Gasteiger partial charge >= 0.3 is 5.97 Å². The first-order valence-corrected chi connectivity index (χ1v) is 6.30. The van der Waals surface area contributed by atoms with Crippen LogP contribution in [0.3, 0.4) is 0 Å². The Labute approximate surface area is 108 Å². The van der Waals surface area contributed by atoms with E-state index in [0.717, 1.165) is 19.4 Å². The zero-order valence-electron chi connectivity index (χ0n) is 11.1. The van der Waals surface area contributed by atoms with Crippen LogP contribution in [0, 0.1) is 5.92 Å². The van der Waals surface area contributed by atoms with Gasteiger partial charge in [-0.2, -0.15) is 0 Å². The van der Waals surface area contributed by atoms with Gasteiger partial charge in [0.25, 0.3) is 0 Å². The molecule has 1 amide bonds. The maximum Gasteiger partial charge on any atom is 0.309 e. The molecule has 1 aliphatic rings. The van der Waals surface area contributed by atoms with E-state index >= 15 is 0 Å². The van der Waals surface area contributed by atoms with Crippen LogP contribution in [-0.4, -0.2) is 49.6 Å². The van der Waals surface area contributed by atoms with Gasteiger partial charge in [-0.25, -0.2) is 0 Å².